The van der Waals surface area contributed by atoms with E-state index < -0.39 is 0 Å². The SMILES string of the molecule is COc1cc(C(=O)N[C@@H](CSc2nc(N)nc3nc[nH]c23)C(C)C)ccc1O. The van der Waals surface area contributed by atoms with Crippen LogP contribution < -0.4 is 15.8 Å². The molecule has 3 aromatic rings. The number of rotatable bonds is 7. The molecule has 2 aromatic heterocycles. The van der Waals surface area contributed by atoms with Gasteiger partial charge in [0.15, 0.2) is 17.1 Å². The quantitative estimate of drug-likeness (QED) is 0.348. The molecule has 0 aliphatic heterocycles. The van der Waals surface area contributed by atoms with E-state index in [2.05, 4.69) is 25.3 Å². The van der Waals surface area contributed by atoms with E-state index in [0.29, 0.717) is 22.0 Å². The number of imidazole rings is 1. The van der Waals surface area contributed by atoms with Gasteiger partial charge >= 0.3 is 0 Å². The maximum Gasteiger partial charge on any atom is 0.251 e. The van der Waals surface area contributed by atoms with Crippen LogP contribution in [-0.2, 0) is 0 Å². The number of H-pyrrole nitrogens is 1. The first-order chi connectivity index (χ1) is 13.4. The Hall–Kier alpha value is -3.01. The topological polar surface area (TPSA) is 139 Å². The highest BCUT2D eigenvalue weighted by Gasteiger charge is 2.20. The lowest BCUT2D eigenvalue weighted by atomic mass is 10.1. The van der Waals surface area contributed by atoms with Gasteiger partial charge in [0.2, 0.25) is 5.95 Å². The maximum absolute atomic E-state index is 12.7. The number of amides is 1. The Balaban J connectivity index is 1.73. The summed E-state index contributed by atoms with van der Waals surface area (Å²) in [6.45, 7) is 4.06. The number of hydrogen-bond acceptors (Lipinski definition) is 8. The fraction of sp³-hybridized carbons (Fsp3) is 0.333. The summed E-state index contributed by atoms with van der Waals surface area (Å²) >= 11 is 1.47. The standard InChI is InChI=1S/C18H22N6O3S/c1-9(2)11(22-16(26)10-4-5-12(25)13(6-10)27-3)7-28-17-14-15(21-8-20-14)23-18(19)24-17/h4-6,8-9,11,25H,7H2,1-3H3,(H,22,26)(H3,19,20,21,23,24)/t11-/m0/s1. The van der Waals surface area contributed by atoms with Gasteiger partial charge in [0, 0.05) is 17.4 Å². The number of phenolic OH excluding ortho intramolecular Hbond substituents is 1. The lowest BCUT2D eigenvalue weighted by Gasteiger charge is -2.22. The highest BCUT2D eigenvalue weighted by molar-refractivity contribution is 7.99. The Morgan fingerprint density at radius 2 is 2.18 bits per heavy atom. The van der Waals surface area contributed by atoms with Gasteiger partial charge in [-0.3, -0.25) is 4.79 Å². The third-order valence-corrected chi connectivity index (χ3v) is 5.33. The lowest BCUT2D eigenvalue weighted by molar-refractivity contribution is 0.0931. The molecule has 0 unspecified atom stereocenters. The van der Waals surface area contributed by atoms with Crippen LogP contribution in [0.2, 0.25) is 0 Å². The number of anilines is 1. The van der Waals surface area contributed by atoms with E-state index in [1.165, 1.54) is 31.0 Å². The van der Waals surface area contributed by atoms with E-state index in [0.717, 1.165) is 5.52 Å². The largest absolute Gasteiger partial charge is 0.504 e. The van der Waals surface area contributed by atoms with Crippen LogP contribution in [0, 0.1) is 5.92 Å². The molecule has 1 atom stereocenters. The smallest absolute Gasteiger partial charge is 0.251 e. The predicted octanol–water partition coefficient (Wildman–Crippen LogP) is 2.20. The van der Waals surface area contributed by atoms with Crippen molar-refractivity contribution in [3.05, 3.63) is 30.1 Å². The lowest BCUT2D eigenvalue weighted by Crippen LogP contribution is -2.40. The molecule has 10 heteroatoms. The van der Waals surface area contributed by atoms with Crippen LogP contribution in [0.4, 0.5) is 5.95 Å². The Bertz CT molecular complexity index is 991. The summed E-state index contributed by atoms with van der Waals surface area (Å²) in [5, 5.41) is 13.4. The molecule has 3 rings (SSSR count). The molecule has 0 spiro atoms. The Morgan fingerprint density at radius 3 is 2.89 bits per heavy atom. The summed E-state index contributed by atoms with van der Waals surface area (Å²) < 4.78 is 5.07. The van der Waals surface area contributed by atoms with Gasteiger partial charge in [0.05, 0.1) is 13.4 Å². The Labute approximate surface area is 166 Å². The van der Waals surface area contributed by atoms with Gasteiger partial charge in [0.1, 0.15) is 10.5 Å². The third kappa shape index (κ3) is 4.28. The van der Waals surface area contributed by atoms with E-state index >= 15 is 0 Å². The van der Waals surface area contributed by atoms with E-state index in [1.54, 1.807) is 12.4 Å². The average Bonchev–Trinajstić information content (AvgIpc) is 3.13. The van der Waals surface area contributed by atoms with Crippen LogP contribution >= 0.6 is 11.8 Å². The molecule has 148 valence electrons. The number of aromatic amines is 1. The van der Waals surface area contributed by atoms with Crippen LogP contribution in [0.1, 0.15) is 24.2 Å². The van der Waals surface area contributed by atoms with Gasteiger partial charge in [-0.15, -0.1) is 11.8 Å². The molecule has 1 aromatic carbocycles. The Kier molecular flexibility index (Phi) is 5.88. The molecule has 0 saturated carbocycles. The number of thioether (sulfide) groups is 1. The van der Waals surface area contributed by atoms with Crippen molar-refractivity contribution < 1.29 is 14.6 Å². The number of hydrogen-bond donors (Lipinski definition) is 4. The summed E-state index contributed by atoms with van der Waals surface area (Å²) in [5.74, 6) is 0.923. The van der Waals surface area contributed by atoms with Crippen LogP contribution in [0.25, 0.3) is 11.2 Å². The van der Waals surface area contributed by atoms with Crippen molar-refractivity contribution in [3.8, 4) is 11.5 Å². The third-order valence-electron chi connectivity index (χ3n) is 4.23. The summed E-state index contributed by atoms with van der Waals surface area (Å²) in [6.07, 6.45) is 1.54. The first-order valence-corrected chi connectivity index (χ1v) is 9.65. The highest BCUT2D eigenvalue weighted by Crippen LogP contribution is 2.27. The molecule has 5 N–H and O–H groups in total. The first kappa shape index (κ1) is 19.7. The zero-order valence-corrected chi connectivity index (χ0v) is 16.6. The summed E-state index contributed by atoms with van der Waals surface area (Å²) in [4.78, 5) is 28.1. The van der Waals surface area contributed by atoms with Crippen molar-refractivity contribution in [3.63, 3.8) is 0 Å². The first-order valence-electron chi connectivity index (χ1n) is 8.66. The number of nitrogens with zero attached hydrogens (tertiary/aromatic N) is 3. The van der Waals surface area contributed by atoms with Gasteiger partial charge < -0.3 is 25.9 Å². The minimum atomic E-state index is -0.244. The van der Waals surface area contributed by atoms with Crippen molar-refractivity contribution in [1.82, 2.24) is 25.3 Å². The predicted molar refractivity (Wildman–Crippen MR) is 108 cm³/mol. The zero-order chi connectivity index (χ0) is 20.3. The van der Waals surface area contributed by atoms with E-state index in [-0.39, 0.29) is 35.3 Å². The number of nitrogens with one attached hydrogen (secondary N) is 2. The molecule has 0 saturated heterocycles. The average molecular weight is 402 g/mol. The van der Waals surface area contributed by atoms with Gasteiger partial charge in [-0.05, 0) is 24.1 Å². The van der Waals surface area contributed by atoms with Crippen molar-refractivity contribution in [1.29, 1.82) is 0 Å². The fourth-order valence-electron chi connectivity index (χ4n) is 2.57. The molecule has 28 heavy (non-hydrogen) atoms. The van der Waals surface area contributed by atoms with Crippen molar-refractivity contribution >= 4 is 34.8 Å². The van der Waals surface area contributed by atoms with Crippen LogP contribution in [0.15, 0.2) is 29.6 Å². The molecule has 0 bridgehead atoms. The second kappa shape index (κ2) is 8.34. The van der Waals surface area contributed by atoms with Gasteiger partial charge in [-0.2, -0.15) is 4.98 Å². The maximum atomic E-state index is 12.7. The van der Waals surface area contributed by atoms with Crippen molar-refractivity contribution in [2.45, 2.75) is 24.9 Å². The number of methoxy groups -OCH3 is 1. The van der Waals surface area contributed by atoms with Crippen molar-refractivity contribution in [2.75, 3.05) is 18.6 Å². The summed E-state index contributed by atoms with van der Waals surface area (Å²) in [5.41, 5.74) is 7.39. The molecule has 0 aliphatic rings. The number of nitrogen functional groups attached to an aromatic ring is 1. The van der Waals surface area contributed by atoms with Gasteiger partial charge in [0.25, 0.3) is 5.91 Å². The Morgan fingerprint density at radius 1 is 1.39 bits per heavy atom. The number of aromatic nitrogens is 4. The minimum Gasteiger partial charge on any atom is -0.504 e. The number of nitrogens with two attached hydrogens (primary N) is 1. The second-order valence-electron chi connectivity index (χ2n) is 6.51. The van der Waals surface area contributed by atoms with E-state index in [1.807, 2.05) is 13.8 Å². The summed E-state index contributed by atoms with van der Waals surface area (Å²) in [6, 6.07) is 4.38. The van der Waals surface area contributed by atoms with Crippen LogP contribution in [-0.4, -0.2) is 49.9 Å². The van der Waals surface area contributed by atoms with Crippen molar-refractivity contribution in [2.24, 2.45) is 5.92 Å². The normalized spacial score (nSPS) is 12.3. The number of aromatic hydroxyl groups is 1. The monoisotopic (exact) mass is 402 g/mol. The van der Waals surface area contributed by atoms with Crippen LogP contribution in [0.3, 0.4) is 0 Å². The number of carbonyl (C=O) groups is 1. The molecule has 0 radical (unpaired) electrons. The number of ether oxygens (including phenoxy) is 1. The van der Waals surface area contributed by atoms with Gasteiger partial charge in [-0.25, -0.2) is 9.97 Å². The molecule has 2 heterocycles. The highest BCUT2D eigenvalue weighted by atomic mass is 32.2. The minimum absolute atomic E-state index is 0.0139. The fourth-order valence-corrected chi connectivity index (χ4v) is 3.83. The molecule has 1 amide bonds. The molecular weight excluding hydrogens is 380 g/mol. The van der Waals surface area contributed by atoms with Gasteiger partial charge in [-0.1, -0.05) is 13.8 Å². The number of phenols is 1. The van der Waals surface area contributed by atoms with Crippen LogP contribution in [0.5, 0.6) is 11.5 Å². The number of fused-ring (bicyclic) bond motifs is 1. The molecular formula is C18H22N6O3S. The molecule has 0 aliphatic carbocycles. The number of carbonyl (C=O) groups excluding carboxylic acids is 1. The van der Waals surface area contributed by atoms with E-state index in [4.69, 9.17) is 10.5 Å². The number of benzene rings is 1. The van der Waals surface area contributed by atoms with E-state index in [9.17, 15) is 9.90 Å². The second-order valence-corrected chi connectivity index (χ2v) is 7.52. The molecule has 9 nitrogen and oxygen atoms in total. The molecule has 0 fully saturated rings. The zero-order valence-electron chi connectivity index (χ0n) is 15.8. The summed E-state index contributed by atoms with van der Waals surface area (Å²) in [7, 11) is 1.44.